The second kappa shape index (κ2) is 5.89. The molecule has 1 amide bonds. The van der Waals surface area contributed by atoms with E-state index in [1.807, 2.05) is 38.1 Å². The fraction of sp³-hybridized carbons (Fsp3) is 0.400. The van der Waals surface area contributed by atoms with Crippen molar-refractivity contribution in [1.82, 2.24) is 4.90 Å². The van der Waals surface area contributed by atoms with Gasteiger partial charge in [0.25, 0.3) is 5.91 Å². The molecule has 2 rings (SSSR count). The number of hydrogen-bond donors (Lipinski definition) is 1. The van der Waals surface area contributed by atoms with Gasteiger partial charge in [-0.3, -0.25) is 4.79 Å². The zero-order valence-corrected chi connectivity index (χ0v) is 11.3. The molecule has 0 radical (unpaired) electrons. The van der Waals surface area contributed by atoms with Crippen LogP contribution in [0.1, 0.15) is 29.5 Å². The molecule has 0 spiro atoms. The van der Waals surface area contributed by atoms with Crippen LogP contribution in [0.15, 0.2) is 28.7 Å². The van der Waals surface area contributed by atoms with E-state index < -0.39 is 0 Å². The molecule has 0 saturated heterocycles. The highest BCUT2D eigenvalue weighted by Crippen LogP contribution is 2.25. The van der Waals surface area contributed by atoms with Gasteiger partial charge in [-0.05, 0) is 26.3 Å². The second-order valence-electron chi connectivity index (χ2n) is 4.51. The molecular weight excluding hydrogens is 242 g/mol. The lowest BCUT2D eigenvalue weighted by molar-refractivity contribution is 0.0723. The third-order valence-electron chi connectivity index (χ3n) is 3.29. The van der Waals surface area contributed by atoms with Crippen LogP contribution in [0.4, 0.5) is 0 Å². The topological polar surface area (TPSA) is 53.7 Å². The lowest BCUT2D eigenvalue weighted by Gasteiger charge is -2.19. The van der Waals surface area contributed by atoms with E-state index in [2.05, 4.69) is 0 Å². The van der Waals surface area contributed by atoms with E-state index >= 15 is 0 Å². The minimum Gasteiger partial charge on any atom is -0.451 e. The second-order valence-corrected chi connectivity index (χ2v) is 4.51. The number of aliphatic hydroxyl groups excluding tert-OH is 1. The summed E-state index contributed by atoms with van der Waals surface area (Å²) >= 11 is 0. The van der Waals surface area contributed by atoms with Crippen LogP contribution < -0.4 is 0 Å². The Labute approximate surface area is 112 Å². The molecule has 1 aromatic heterocycles. The van der Waals surface area contributed by atoms with Gasteiger partial charge in [-0.25, -0.2) is 0 Å². The Morgan fingerprint density at radius 3 is 2.74 bits per heavy atom. The highest BCUT2D eigenvalue weighted by molar-refractivity contribution is 5.98. The number of para-hydroxylation sites is 1. The van der Waals surface area contributed by atoms with Crippen LogP contribution in [0.3, 0.4) is 0 Å². The number of furan rings is 1. The number of aryl methyl sites for hydroxylation is 1. The van der Waals surface area contributed by atoms with Crippen molar-refractivity contribution in [3.05, 3.63) is 35.6 Å². The van der Waals surface area contributed by atoms with Gasteiger partial charge in [-0.2, -0.15) is 0 Å². The number of benzene rings is 1. The smallest absolute Gasteiger partial charge is 0.289 e. The molecule has 0 aliphatic heterocycles. The molecule has 0 bridgehead atoms. The van der Waals surface area contributed by atoms with E-state index in [0.717, 1.165) is 16.5 Å². The Morgan fingerprint density at radius 2 is 2.11 bits per heavy atom. The van der Waals surface area contributed by atoms with E-state index in [1.54, 1.807) is 4.90 Å². The first-order valence-corrected chi connectivity index (χ1v) is 6.57. The first kappa shape index (κ1) is 13.6. The van der Waals surface area contributed by atoms with Gasteiger partial charge in [-0.1, -0.05) is 18.2 Å². The molecule has 0 aliphatic rings. The van der Waals surface area contributed by atoms with Gasteiger partial charge in [0.05, 0.1) is 0 Å². The van der Waals surface area contributed by atoms with Crippen LogP contribution in [-0.2, 0) is 0 Å². The zero-order chi connectivity index (χ0) is 13.8. The number of amides is 1. The van der Waals surface area contributed by atoms with Gasteiger partial charge in [0.15, 0.2) is 5.76 Å². The predicted molar refractivity (Wildman–Crippen MR) is 74.2 cm³/mol. The maximum Gasteiger partial charge on any atom is 0.289 e. The summed E-state index contributed by atoms with van der Waals surface area (Å²) in [7, 11) is 0. The zero-order valence-electron chi connectivity index (χ0n) is 11.3. The van der Waals surface area contributed by atoms with Gasteiger partial charge in [0, 0.05) is 30.6 Å². The molecule has 1 heterocycles. The first-order chi connectivity index (χ1) is 9.19. The molecule has 1 N–H and O–H groups in total. The SMILES string of the molecule is CCN(CCCO)C(=O)c1oc2ccccc2c1C. The Kier molecular flexibility index (Phi) is 4.22. The van der Waals surface area contributed by atoms with Crippen LogP contribution in [0, 0.1) is 6.92 Å². The molecule has 0 aliphatic carbocycles. The number of carbonyl (C=O) groups excluding carboxylic acids is 1. The molecule has 0 saturated carbocycles. The predicted octanol–water partition coefficient (Wildman–Crippen LogP) is 2.59. The van der Waals surface area contributed by atoms with Crippen molar-refractivity contribution < 1.29 is 14.3 Å². The van der Waals surface area contributed by atoms with E-state index in [0.29, 0.717) is 25.3 Å². The van der Waals surface area contributed by atoms with Crippen LogP contribution in [-0.4, -0.2) is 35.6 Å². The molecule has 4 heteroatoms. The Morgan fingerprint density at radius 1 is 1.37 bits per heavy atom. The molecule has 4 nitrogen and oxygen atoms in total. The minimum atomic E-state index is -0.107. The van der Waals surface area contributed by atoms with Crippen molar-refractivity contribution in [3.8, 4) is 0 Å². The van der Waals surface area contributed by atoms with E-state index in [1.165, 1.54) is 0 Å². The molecule has 102 valence electrons. The fourth-order valence-corrected chi connectivity index (χ4v) is 2.19. The summed E-state index contributed by atoms with van der Waals surface area (Å²) in [5, 5.41) is 9.85. The number of rotatable bonds is 5. The van der Waals surface area contributed by atoms with Gasteiger partial charge in [0.1, 0.15) is 5.58 Å². The molecular formula is C15H19NO3. The van der Waals surface area contributed by atoms with E-state index in [9.17, 15) is 4.79 Å². The van der Waals surface area contributed by atoms with Crippen LogP contribution in [0.5, 0.6) is 0 Å². The van der Waals surface area contributed by atoms with Gasteiger partial charge in [-0.15, -0.1) is 0 Å². The van der Waals surface area contributed by atoms with Gasteiger partial charge < -0.3 is 14.4 Å². The normalized spacial score (nSPS) is 10.9. The van der Waals surface area contributed by atoms with Crippen LogP contribution in [0.25, 0.3) is 11.0 Å². The van der Waals surface area contributed by atoms with E-state index in [4.69, 9.17) is 9.52 Å². The van der Waals surface area contributed by atoms with E-state index in [-0.39, 0.29) is 12.5 Å². The van der Waals surface area contributed by atoms with Crippen molar-refractivity contribution in [2.75, 3.05) is 19.7 Å². The first-order valence-electron chi connectivity index (χ1n) is 6.57. The maximum atomic E-state index is 12.4. The summed E-state index contributed by atoms with van der Waals surface area (Å²) < 4.78 is 5.67. The monoisotopic (exact) mass is 261 g/mol. The average Bonchev–Trinajstić information content (AvgIpc) is 2.77. The Balaban J connectivity index is 2.32. The summed E-state index contributed by atoms with van der Waals surface area (Å²) in [5.74, 6) is 0.297. The lowest BCUT2D eigenvalue weighted by atomic mass is 10.1. The average molecular weight is 261 g/mol. The molecule has 2 aromatic rings. The summed E-state index contributed by atoms with van der Waals surface area (Å²) in [5.41, 5.74) is 1.62. The molecule has 1 aromatic carbocycles. The number of carbonyl (C=O) groups is 1. The summed E-state index contributed by atoms with van der Waals surface area (Å²) in [6.07, 6.45) is 0.582. The highest BCUT2D eigenvalue weighted by Gasteiger charge is 2.21. The van der Waals surface area contributed by atoms with Crippen molar-refractivity contribution in [2.24, 2.45) is 0 Å². The number of hydrogen-bond acceptors (Lipinski definition) is 3. The summed E-state index contributed by atoms with van der Waals surface area (Å²) in [4.78, 5) is 14.1. The summed E-state index contributed by atoms with van der Waals surface area (Å²) in [6, 6.07) is 7.64. The largest absolute Gasteiger partial charge is 0.451 e. The third kappa shape index (κ3) is 2.63. The fourth-order valence-electron chi connectivity index (χ4n) is 2.19. The summed E-state index contributed by atoms with van der Waals surface area (Å²) in [6.45, 7) is 5.06. The number of aliphatic hydroxyl groups is 1. The van der Waals surface area contributed by atoms with Gasteiger partial charge in [0.2, 0.25) is 0 Å². The Bertz CT molecular complexity index is 574. The molecule has 0 fully saturated rings. The standard InChI is InChI=1S/C15H19NO3/c1-3-16(9-6-10-17)15(18)14-11(2)12-7-4-5-8-13(12)19-14/h4-5,7-8,17H,3,6,9-10H2,1-2H3. The molecule has 0 unspecified atom stereocenters. The van der Waals surface area contributed by atoms with Crippen molar-refractivity contribution in [2.45, 2.75) is 20.3 Å². The molecule has 0 atom stereocenters. The van der Waals surface area contributed by atoms with Crippen molar-refractivity contribution in [3.63, 3.8) is 0 Å². The minimum absolute atomic E-state index is 0.0862. The van der Waals surface area contributed by atoms with Crippen molar-refractivity contribution >= 4 is 16.9 Å². The maximum absolute atomic E-state index is 12.4. The third-order valence-corrected chi connectivity index (χ3v) is 3.29. The quantitative estimate of drug-likeness (QED) is 0.900. The van der Waals surface area contributed by atoms with Crippen LogP contribution >= 0.6 is 0 Å². The van der Waals surface area contributed by atoms with Gasteiger partial charge >= 0.3 is 0 Å². The molecule has 19 heavy (non-hydrogen) atoms. The van der Waals surface area contributed by atoms with Crippen molar-refractivity contribution in [1.29, 1.82) is 0 Å². The highest BCUT2D eigenvalue weighted by atomic mass is 16.3. The lowest BCUT2D eigenvalue weighted by Crippen LogP contribution is -2.32. The number of fused-ring (bicyclic) bond motifs is 1. The Hall–Kier alpha value is -1.81. The van der Waals surface area contributed by atoms with Crippen LogP contribution in [0.2, 0.25) is 0 Å². The number of nitrogens with zero attached hydrogens (tertiary/aromatic N) is 1.